The molecule has 1 saturated heterocycles. The molecule has 0 bridgehead atoms. The molecular weight excluding hydrogens is 392 g/mol. The number of aryl methyl sites for hydroxylation is 1. The molecule has 2 unspecified atom stereocenters. The number of hydrogen-bond donors (Lipinski definition) is 2. The number of benzene rings is 2. The lowest BCUT2D eigenvalue weighted by Gasteiger charge is -2.18. The van der Waals surface area contributed by atoms with Gasteiger partial charge in [0.05, 0.1) is 10.9 Å². The summed E-state index contributed by atoms with van der Waals surface area (Å²) >= 11 is 1.68. The van der Waals surface area contributed by atoms with Crippen molar-refractivity contribution in [3.8, 4) is 0 Å². The number of hydrogen-bond acceptors (Lipinski definition) is 5. The fourth-order valence-electron chi connectivity index (χ4n) is 2.92. The van der Waals surface area contributed by atoms with E-state index in [9.17, 15) is 13.2 Å². The van der Waals surface area contributed by atoms with E-state index in [4.69, 9.17) is 0 Å². The molecule has 0 spiro atoms. The minimum atomic E-state index is -3.54. The summed E-state index contributed by atoms with van der Waals surface area (Å²) in [6.45, 7) is 0. The molecule has 2 aromatic carbocycles. The molecular formula is C21H24N2O3S2. The number of carbonyl (C=O) groups is 1. The Kier molecular flexibility index (Phi) is 7.30. The van der Waals surface area contributed by atoms with E-state index >= 15 is 0 Å². The van der Waals surface area contributed by atoms with Crippen molar-refractivity contribution >= 4 is 27.5 Å². The number of sulfone groups is 1. The van der Waals surface area contributed by atoms with Gasteiger partial charge < -0.3 is 5.32 Å². The van der Waals surface area contributed by atoms with Crippen LogP contribution in [0, 0.1) is 0 Å². The van der Waals surface area contributed by atoms with E-state index in [-0.39, 0.29) is 22.9 Å². The summed E-state index contributed by atoms with van der Waals surface area (Å²) in [4.78, 5) is 12.7. The molecule has 1 fully saturated rings. The average Bonchev–Trinajstić information content (AvgIpc) is 3.26. The van der Waals surface area contributed by atoms with Crippen molar-refractivity contribution in [2.24, 2.45) is 0 Å². The second-order valence-corrected chi connectivity index (χ2v) is 9.46. The lowest BCUT2D eigenvalue weighted by atomic mass is 10.0. The normalized spacial score (nSPS) is 18.2. The summed E-state index contributed by atoms with van der Waals surface area (Å²) < 4.78 is 25.1. The largest absolute Gasteiger partial charge is 0.348 e. The summed E-state index contributed by atoms with van der Waals surface area (Å²) in [7, 11) is -3.54. The Morgan fingerprint density at radius 2 is 1.82 bits per heavy atom. The number of carbonyl (C=O) groups excluding carboxylic acids is 1. The Morgan fingerprint density at radius 1 is 1.14 bits per heavy atom. The fraction of sp³-hybridized carbons (Fsp3) is 0.286. The predicted molar refractivity (Wildman–Crippen MR) is 114 cm³/mol. The monoisotopic (exact) mass is 416 g/mol. The molecule has 0 radical (unpaired) electrons. The highest BCUT2D eigenvalue weighted by atomic mass is 32.2. The standard InChI is InChI=1S/C21H24N2O3S2/c24-21(20-15-27-16-22-20)23-18(12-11-17-7-3-1-4-8-17)13-14-28(25,26)19-9-5-2-6-10-19/h1-10,13-14,18,20,22H,11-12,15-16H2,(H,23,24). The quantitative estimate of drug-likeness (QED) is 0.692. The van der Waals surface area contributed by atoms with E-state index in [2.05, 4.69) is 10.6 Å². The molecule has 0 aliphatic carbocycles. The van der Waals surface area contributed by atoms with Crippen LogP contribution in [0.4, 0.5) is 0 Å². The zero-order valence-electron chi connectivity index (χ0n) is 15.5. The van der Waals surface area contributed by atoms with Gasteiger partial charge in [-0.3, -0.25) is 10.1 Å². The first-order valence-corrected chi connectivity index (χ1v) is 11.9. The maximum Gasteiger partial charge on any atom is 0.238 e. The van der Waals surface area contributed by atoms with Gasteiger partial charge in [0, 0.05) is 23.1 Å². The van der Waals surface area contributed by atoms with Gasteiger partial charge in [-0.1, -0.05) is 54.6 Å². The van der Waals surface area contributed by atoms with Gasteiger partial charge >= 0.3 is 0 Å². The maximum absolute atomic E-state index is 12.5. The van der Waals surface area contributed by atoms with Crippen molar-refractivity contribution in [3.63, 3.8) is 0 Å². The van der Waals surface area contributed by atoms with E-state index in [0.29, 0.717) is 6.42 Å². The van der Waals surface area contributed by atoms with Crippen LogP contribution in [0.1, 0.15) is 12.0 Å². The van der Waals surface area contributed by atoms with E-state index < -0.39 is 9.84 Å². The molecule has 1 aliphatic rings. The predicted octanol–water partition coefficient (Wildman–Crippen LogP) is 2.75. The van der Waals surface area contributed by atoms with Crippen LogP contribution in [0.5, 0.6) is 0 Å². The van der Waals surface area contributed by atoms with Gasteiger partial charge in [0.1, 0.15) is 0 Å². The van der Waals surface area contributed by atoms with Crippen molar-refractivity contribution in [1.29, 1.82) is 0 Å². The molecule has 1 aliphatic heterocycles. The lowest BCUT2D eigenvalue weighted by molar-refractivity contribution is -0.122. The van der Waals surface area contributed by atoms with Crippen molar-refractivity contribution < 1.29 is 13.2 Å². The zero-order valence-corrected chi connectivity index (χ0v) is 17.1. The Labute approximate surface area is 170 Å². The highest BCUT2D eigenvalue weighted by molar-refractivity contribution is 7.99. The van der Waals surface area contributed by atoms with Crippen LogP contribution in [0.3, 0.4) is 0 Å². The van der Waals surface area contributed by atoms with Gasteiger partial charge in [0.25, 0.3) is 0 Å². The van der Waals surface area contributed by atoms with E-state index in [1.54, 1.807) is 48.2 Å². The first kappa shape index (κ1) is 20.6. The Hall–Kier alpha value is -2.09. The van der Waals surface area contributed by atoms with Crippen molar-refractivity contribution in [2.45, 2.75) is 29.8 Å². The molecule has 1 amide bonds. The van der Waals surface area contributed by atoms with Crippen LogP contribution in [0.2, 0.25) is 0 Å². The second kappa shape index (κ2) is 9.91. The Morgan fingerprint density at radius 3 is 2.46 bits per heavy atom. The fourth-order valence-corrected chi connectivity index (χ4v) is 4.95. The van der Waals surface area contributed by atoms with Crippen LogP contribution in [0.25, 0.3) is 0 Å². The van der Waals surface area contributed by atoms with Crippen LogP contribution < -0.4 is 10.6 Å². The van der Waals surface area contributed by atoms with Gasteiger partial charge in [-0.2, -0.15) is 0 Å². The first-order chi connectivity index (χ1) is 13.5. The van der Waals surface area contributed by atoms with Gasteiger partial charge in [-0.05, 0) is 30.5 Å². The molecule has 1 heterocycles. The molecule has 2 atom stereocenters. The SMILES string of the molecule is O=C(NC(C=CS(=O)(=O)c1ccccc1)CCc1ccccc1)C1CSCN1. The zero-order chi connectivity index (χ0) is 19.8. The number of rotatable bonds is 8. The maximum atomic E-state index is 12.5. The molecule has 3 rings (SSSR count). The first-order valence-electron chi connectivity index (χ1n) is 9.18. The highest BCUT2D eigenvalue weighted by Gasteiger charge is 2.24. The molecule has 7 heteroatoms. The smallest absolute Gasteiger partial charge is 0.238 e. The number of thioether (sulfide) groups is 1. The lowest BCUT2D eigenvalue weighted by Crippen LogP contribution is -2.46. The molecule has 0 saturated carbocycles. The Balaban J connectivity index is 1.71. The topological polar surface area (TPSA) is 75.3 Å². The highest BCUT2D eigenvalue weighted by Crippen LogP contribution is 2.14. The summed E-state index contributed by atoms with van der Waals surface area (Å²) in [5, 5.41) is 7.33. The van der Waals surface area contributed by atoms with E-state index in [1.807, 2.05) is 30.3 Å². The molecule has 2 aromatic rings. The summed E-state index contributed by atoms with van der Waals surface area (Å²) in [5.41, 5.74) is 1.15. The third-order valence-electron chi connectivity index (χ3n) is 4.51. The molecule has 5 nitrogen and oxygen atoms in total. The molecule has 2 N–H and O–H groups in total. The summed E-state index contributed by atoms with van der Waals surface area (Å²) in [6.07, 6.45) is 2.95. The van der Waals surface area contributed by atoms with Crippen LogP contribution >= 0.6 is 11.8 Å². The summed E-state index contributed by atoms with van der Waals surface area (Å²) in [6, 6.07) is 17.7. The van der Waals surface area contributed by atoms with Gasteiger partial charge in [0.15, 0.2) is 9.84 Å². The van der Waals surface area contributed by atoms with Gasteiger partial charge in [0.2, 0.25) is 5.91 Å². The van der Waals surface area contributed by atoms with Crippen LogP contribution in [-0.2, 0) is 21.1 Å². The van der Waals surface area contributed by atoms with Crippen LogP contribution in [0.15, 0.2) is 77.0 Å². The van der Waals surface area contributed by atoms with Crippen molar-refractivity contribution in [3.05, 3.63) is 77.7 Å². The van der Waals surface area contributed by atoms with Crippen molar-refractivity contribution in [1.82, 2.24) is 10.6 Å². The minimum Gasteiger partial charge on any atom is -0.348 e. The van der Waals surface area contributed by atoms with E-state index in [1.165, 1.54) is 5.41 Å². The Bertz CT molecular complexity index is 894. The number of nitrogens with one attached hydrogen (secondary N) is 2. The van der Waals surface area contributed by atoms with Crippen LogP contribution in [-0.4, -0.2) is 38.0 Å². The van der Waals surface area contributed by atoms with E-state index in [0.717, 1.165) is 23.6 Å². The third-order valence-corrected chi connectivity index (χ3v) is 6.89. The average molecular weight is 417 g/mol. The van der Waals surface area contributed by atoms with Gasteiger partial charge in [-0.15, -0.1) is 11.8 Å². The molecule has 0 aromatic heterocycles. The second-order valence-electron chi connectivity index (χ2n) is 6.60. The summed E-state index contributed by atoms with van der Waals surface area (Å²) in [5.74, 6) is 1.39. The van der Waals surface area contributed by atoms with Crippen molar-refractivity contribution in [2.75, 3.05) is 11.6 Å². The minimum absolute atomic E-state index is 0.0928. The third kappa shape index (κ3) is 5.95. The number of amides is 1. The molecule has 28 heavy (non-hydrogen) atoms. The molecule has 148 valence electrons. The van der Waals surface area contributed by atoms with Gasteiger partial charge in [-0.25, -0.2) is 8.42 Å².